The number of methoxy groups -OCH3 is 1. The van der Waals surface area contributed by atoms with Gasteiger partial charge in [0.25, 0.3) is 0 Å². The lowest BCUT2D eigenvalue weighted by Crippen LogP contribution is -1.99. The van der Waals surface area contributed by atoms with E-state index in [-0.39, 0.29) is 5.97 Å². The monoisotopic (exact) mass is 321 g/mol. The number of ether oxygens (including phenoxy) is 2. The molecule has 0 unspecified atom stereocenters. The minimum atomic E-state index is -0.0920. The normalized spacial score (nSPS) is 10.3. The highest BCUT2D eigenvalue weighted by molar-refractivity contribution is 5.68. The van der Waals surface area contributed by atoms with Gasteiger partial charge in [0.15, 0.2) is 0 Å². The summed E-state index contributed by atoms with van der Waals surface area (Å²) in [6.07, 6.45) is 9.97. The number of benzene rings is 1. The number of hydrogen-bond donors (Lipinski definition) is 1. The first-order valence-corrected chi connectivity index (χ1v) is 8.73. The Labute approximate surface area is 140 Å². The zero-order valence-corrected chi connectivity index (χ0v) is 14.6. The van der Waals surface area contributed by atoms with Crippen LogP contribution in [-0.4, -0.2) is 26.7 Å². The summed E-state index contributed by atoms with van der Waals surface area (Å²) < 4.78 is 10.3. The Balaban J connectivity index is 1.87. The number of unbranched alkanes of at least 4 members (excludes halogenated alkanes) is 7. The van der Waals surface area contributed by atoms with Crippen molar-refractivity contribution in [1.82, 2.24) is 0 Å². The van der Waals surface area contributed by atoms with Crippen molar-refractivity contribution in [3.05, 3.63) is 24.3 Å². The second kappa shape index (κ2) is 12.8. The Morgan fingerprint density at radius 1 is 0.913 bits per heavy atom. The number of carbonyl (C=O) groups is 1. The van der Waals surface area contributed by atoms with Gasteiger partial charge in [0, 0.05) is 19.2 Å². The molecule has 0 bridgehead atoms. The topological polar surface area (TPSA) is 47.6 Å². The molecule has 130 valence electrons. The van der Waals surface area contributed by atoms with Crippen LogP contribution in [0.25, 0.3) is 0 Å². The van der Waals surface area contributed by atoms with Gasteiger partial charge < -0.3 is 14.8 Å². The predicted molar refractivity (Wildman–Crippen MR) is 95.1 cm³/mol. The molecule has 0 aliphatic rings. The third kappa shape index (κ3) is 9.82. The van der Waals surface area contributed by atoms with E-state index in [1.54, 1.807) is 0 Å². The Morgan fingerprint density at radius 3 is 2.04 bits per heavy atom. The first kappa shape index (κ1) is 19.3. The maximum atomic E-state index is 10.9. The van der Waals surface area contributed by atoms with Gasteiger partial charge in [-0.1, -0.05) is 38.5 Å². The van der Waals surface area contributed by atoms with Crippen molar-refractivity contribution in [2.45, 2.75) is 57.8 Å². The molecule has 0 radical (unpaired) electrons. The molecule has 1 rings (SSSR count). The van der Waals surface area contributed by atoms with Crippen molar-refractivity contribution in [2.24, 2.45) is 0 Å². The van der Waals surface area contributed by atoms with E-state index in [0.717, 1.165) is 37.3 Å². The lowest BCUT2D eigenvalue weighted by Gasteiger charge is -2.07. The average Bonchev–Trinajstić information content (AvgIpc) is 2.59. The van der Waals surface area contributed by atoms with Crippen LogP contribution in [0.3, 0.4) is 0 Å². The van der Waals surface area contributed by atoms with Crippen molar-refractivity contribution in [2.75, 3.05) is 26.1 Å². The molecular weight excluding hydrogens is 290 g/mol. The van der Waals surface area contributed by atoms with Crippen molar-refractivity contribution < 1.29 is 14.3 Å². The predicted octanol–water partition coefficient (Wildman–Crippen LogP) is 4.79. The van der Waals surface area contributed by atoms with Gasteiger partial charge in [0.05, 0.1) is 13.7 Å². The van der Waals surface area contributed by atoms with Crippen LogP contribution in [0.5, 0.6) is 5.75 Å². The molecule has 1 aromatic rings. The van der Waals surface area contributed by atoms with Crippen LogP contribution in [0.2, 0.25) is 0 Å². The van der Waals surface area contributed by atoms with Gasteiger partial charge in [-0.05, 0) is 37.1 Å². The number of hydrogen-bond acceptors (Lipinski definition) is 4. The molecule has 1 aromatic carbocycles. The first-order valence-electron chi connectivity index (χ1n) is 8.73. The van der Waals surface area contributed by atoms with Crippen LogP contribution in [0, 0.1) is 0 Å². The second-order valence-corrected chi connectivity index (χ2v) is 5.78. The summed E-state index contributed by atoms with van der Waals surface area (Å²) in [7, 11) is 3.36. The molecule has 0 heterocycles. The maximum absolute atomic E-state index is 10.9. The number of esters is 1. The molecular formula is C19H31NO3. The third-order valence-electron chi connectivity index (χ3n) is 3.91. The molecule has 1 N–H and O–H groups in total. The summed E-state index contributed by atoms with van der Waals surface area (Å²) in [6.45, 7) is 0.790. The van der Waals surface area contributed by atoms with Gasteiger partial charge in [-0.25, -0.2) is 0 Å². The summed E-state index contributed by atoms with van der Waals surface area (Å²) in [5, 5.41) is 3.09. The van der Waals surface area contributed by atoms with Crippen molar-refractivity contribution >= 4 is 11.7 Å². The lowest BCUT2D eigenvalue weighted by molar-refractivity contribution is -0.140. The Kier molecular flexibility index (Phi) is 10.8. The Morgan fingerprint density at radius 2 is 1.48 bits per heavy atom. The van der Waals surface area contributed by atoms with E-state index in [1.807, 2.05) is 31.3 Å². The summed E-state index contributed by atoms with van der Waals surface area (Å²) in [6, 6.07) is 8.05. The van der Waals surface area contributed by atoms with E-state index in [9.17, 15) is 4.79 Å². The number of anilines is 1. The quantitative estimate of drug-likeness (QED) is 0.419. The minimum absolute atomic E-state index is 0.0920. The largest absolute Gasteiger partial charge is 0.494 e. The van der Waals surface area contributed by atoms with Gasteiger partial charge >= 0.3 is 5.97 Å². The molecule has 0 saturated heterocycles. The maximum Gasteiger partial charge on any atom is 0.305 e. The number of rotatable bonds is 13. The molecule has 4 heteroatoms. The number of carbonyl (C=O) groups excluding carboxylic acids is 1. The SMILES string of the molecule is CNc1ccc(OCCCCCCCCCCC(=O)OC)cc1. The van der Waals surface area contributed by atoms with Gasteiger partial charge in [-0.3, -0.25) is 4.79 Å². The zero-order valence-electron chi connectivity index (χ0n) is 14.6. The minimum Gasteiger partial charge on any atom is -0.494 e. The second-order valence-electron chi connectivity index (χ2n) is 5.78. The van der Waals surface area contributed by atoms with E-state index >= 15 is 0 Å². The first-order chi connectivity index (χ1) is 11.3. The van der Waals surface area contributed by atoms with E-state index < -0.39 is 0 Å². The lowest BCUT2D eigenvalue weighted by atomic mass is 10.1. The van der Waals surface area contributed by atoms with Crippen molar-refractivity contribution in [3.8, 4) is 5.75 Å². The van der Waals surface area contributed by atoms with E-state index in [4.69, 9.17) is 4.74 Å². The molecule has 23 heavy (non-hydrogen) atoms. The summed E-state index contributed by atoms with van der Waals surface area (Å²) in [4.78, 5) is 10.9. The molecule has 0 spiro atoms. The fourth-order valence-corrected chi connectivity index (χ4v) is 2.44. The van der Waals surface area contributed by atoms with Crippen LogP contribution in [0.1, 0.15) is 57.8 Å². The molecule has 0 atom stereocenters. The molecule has 0 fully saturated rings. The van der Waals surface area contributed by atoms with Crippen LogP contribution < -0.4 is 10.1 Å². The average molecular weight is 321 g/mol. The van der Waals surface area contributed by atoms with Gasteiger partial charge in [-0.15, -0.1) is 0 Å². The van der Waals surface area contributed by atoms with E-state index in [1.165, 1.54) is 39.2 Å². The van der Waals surface area contributed by atoms with E-state index in [0.29, 0.717) is 6.42 Å². The van der Waals surface area contributed by atoms with Crippen LogP contribution in [0.15, 0.2) is 24.3 Å². The smallest absolute Gasteiger partial charge is 0.305 e. The van der Waals surface area contributed by atoms with E-state index in [2.05, 4.69) is 10.1 Å². The summed E-state index contributed by atoms with van der Waals surface area (Å²) >= 11 is 0. The Hall–Kier alpha value is -1.71. The molecule has 0 aliphatic carbocycles. The standard InChI is InChI=1S/C19H31NO3/c1-20-17-12-14-18(15-13-17)23-16-10-8-6-4-3-5-7-9-11-19(21)22-2/h12-15,20H,3-11,16H2,1-2H3. The van der Waals surface area contributed by atoms with Crippen LogP contribution >= 0.6 is 0 Å². The molecule has 0 saturated carbocycles. The van der Waals surface area contributed by atoms with Gasteiger partial charge in [0.2, 0.25) is 0 Å². The Bertz CT molecular complexity index is 417. The van der Waals surface area contributed by atoms with Gasteiger partial charge in [0.1, 0.15) is 5.75 Å². The zero-order chi connectivity index (χ0) is 16.8. The fourth-order valence-electron chi connectivity index (χ4n) is 2.44. The highest BCUT2D eigenvalue weighted by atomic mass is 16.5. The van der Waals surface area contributed by atoms with Crippen LogP contribution in [0.4, 0.5) is 5.69 Å². The fraction of sp³-hybridized carbons (Fsp3) is 0.632. The van der Waals surface area contributed by atoms with Crippen molar-refractivity contribution in [1.29, 1.82) is 0 Å². The van der Waals surface area contributed by atoms with Gasteiger partial charge in [-0.2, -0.15) is 0 Å². The molecule has 0 aromatic heterocycles. The molecule has 4 nitrogen and oxygen atoms in total. The summed E-state index contributed by atoms with van der Waals surface area (Å²) in [5.74, 6) is 0.847. The highest BCUT2D eigenvalue weighted by Crippen LogP contribution is 2.16. The molecule has 0 aliphatic heterocycles. The summed E-state index contributed by atoms with van der Waals surface area (Å²) in [5.41, 5.74) is 1.10. The highest BCUT2D eigenvalue weighted by Gasteiger charge is 1.99. The third-order valence-corrected chi connectivity index (χ3v) is 3.91. The van der Waals surface area contributed by atoms with Crippen molar-refractivity contribution in [3.63, 3.8) is 0 Å². The molecule has 0 amide bonds. The number of nitrogens with one attached hydrogen (secondary N) is 1. The van der Waals surface area contributed by atoms with Crippen LogP contribution in [-0.2, 0) is 9.53 Å².